The fourth-order valence-corrected chi connectivity index (χ4v) is 2.41. The van der Waals surface area contributed by atoms with Gasteiger partial charge in [0, 0.05) is 18.7 Å². The van der Waals surface area contributed by atoms with Crippen LogP contribution in [0.15, 0.2) is 59.6 Å². The fraction of sp³-hybridized carbons (Fsp3) is 0.235. The minimum atomic E-state index is 0.0947. The van der Waals surface area contributed by atoms with E-state index in [2.05, 4.69) is 40.1 Å². The normalized spacial score (nSPS) is 21.8. The van der Waals surface area contributed by atoms with Gasteiger partial charge in [-0.1, -0.05) is 30.3 Å². The molecule has 0 radical (unpaired) electrons. The van der Waals surface area contributed by atoms with E-state index < -0.39 is 0 Å². The van der Waals surface area contributed by atoms with Crippen molar-refractivity contribution in [1.29, 1.82) is 0 Å². The summed E-state index contributed by atoms with van der Waals surface area (Å²) in [7, 11) is 1.67. The minimum Gasteiger partial charge on any atom is -0.497 e. The van der Waals surface area contributed by atoms with E-state index in [-0.39, 0.29) is 6.17 Å². The third kappa shape index (κ3) is 3.48. The standard InChI is InChI=1S/C17H19N3O/c1-21-15-9-7-13(8-10-15)12-18-17-11-16(19-20-17)14-5-3-2-4-6-14/h2-10,12,16-17,19-20H,11H2,1H3/b18-12+. The Bertz CT molecular complexity index is 595. The average molecular weight is 281 g/mol. The summed E-state index contributed by atoms with van der Waals surface area (Å²) in [6.45, 7) is 0. The number of nitrogens with zero attached hydrogens (tertiary/aromatic N) is 1. The second-order valence-electron chi connectivity index (χ2n) is 5.05. The molecule has 1 aliphatic heterocycles. The Hall–Kier alpha value is -2.17. The fourth-order valence-electron chi connectivity index (χ4n) is 2.41. The number of methoxy groups -OCH3 is 1. The van der Waals surface area contributed by atoms with Gasteiger partial charge in [-0.3, -0.25) is 4.99 Å². The van der Waals surface area contributed by atoms with Gasteiger partial charge in [-0.25, -0.2) is 10.9 Å². The number of hydrogen-bond donors (Lipinski definition) is 2. The number of aliphatic imine (C=N–C) groups is 1. The summed E-state index contributed by atoms with van der Waals surface area (Å²) in [5, 5.41) is 0. The molecule has 108 valence electrons. The number of nitrogens with one attached hydrogen (secondary N) is 2. The lowest BCUT2D eigenvalue weighted by atomic mass is 10.1. The van der Waals surface area contributed by atoms with Crippen molar-refractivity contribution >= 4 is 6.21 Å². The van der Waals surface area contributed by atoms with E-state index in [1.54, 1.807) is 7.11 Å². The molecule has 1 heterocycles. The third-order valence-corrected chi connectivity index (χ3v) is 3.60. The predicted octanol–water partition coefficient (Wildman–Crippen LogP) is 2.68. The smallest absolute Gasteiger partial charge is 0.118 e. The van der Waals surface area contributed by atoms with Crippen LogP contribution in [0.5, 0.6) is 5.75 Å². The summed E-state index contributed by atoms with van der Waals surface area (Å²) in [5.74, 6) is 0.858. The Labute approximate surface area is 124 Å². The number of hydrazine groups is 1. The molecule has 0 spiro atoms. The summed E-state index contributed by atoms with van der Waals surface area (Å²) in [5.41, 5.74) is 8.87. The Morgan fingerprint density at radius 2 is 1.81 bits per heavy atom. The molecule has 0 saturated carbocycles. The molecule has 2 N–H and O–H groups in total. The molecule has 1 fully saturated rings. The van der Waals surface area contributed by atoms with Gasteiger partial charge in [0.25, 0.3) is 0 Å². The molecule has 2 aromatic carbocycles. The van der Waals surface area contributed by atoms with Gasteiger partial charge in [-0.15, -0.1) is 0 Å². The van der Waals surface area contributed by atoms with Crippen LogP contribution in [0, 0.1) is 0 Å². The molecule has 0 bridgehead atoms. The summed E-state index contributed by atoms with van der Waals surface area (Å²) in [6, 6.07) is 18.6. The van der Waals surface area contributed by atoms with E-state index in [1.165, 1.54) is 5.56 Å². The van der Waals surface area contributed by atoms with Crippen LogP contribution >= 0.6 is 0 Å². The molecule has 4 nitrogen and oxygen atoms in total. The molecule has 0 aromatic heterocycles. The van der Waals surface area contributed by atoms with Crippen LogP contribution in [0.25, 0.3) is 0 Å². The summed E-state index contributed by atoms with van der Waals surface area (Å²) in [6.07, 6.45) is 2.93. The topological polar surface area (TPSA) is 45.6 Å². The molecule has 1 aliphatic rings. The lowest BCUT2D eigenvalue weighted by Gasteiger charge is -2.08. The number of benzene rings is 2. The first kappa shape index (κ1) is 13.8. The van der Waals surface area contributed by atoms with Crippen LogP contribution in [0.2, 0.25) is 0 Å². The van der Waals surface area contributed by atoms with Crippen LogP contribution in [-0.4, -0.2) is 19.5 Å². The summed E-state index contributed by atoms with van der Waals surface area (Å²) >= 11 is 0. The minimum absolute atomic E-state index is 0.0947. The van der Waals surface area contributed by atoms with Gasteiger partial charge in [-0.2, -0.15) is 0 Å². The van der Waals surface area contributed by atoms with Crippen molar-refractivity contribution in [2.75, 3.05) is 7.11 Å². The van der Waals surface area contributed by atoms with E-state index in [0.29, 0.717) is 6.04 Å². The van der Waals surface area contributed by atoms with Gasteiger partial charge in [0.15, 0.2) is 0 Å². The molecule has 0 amide bonds. The first-order valence-electron chi connectivity index (χ1n) is 7.08. The van der Waals surface area contributed by atoms with E-state index in [9.17, 15) is 0 Å². The molecule has 2 atom stereocenters. The van der Waals surface area contributed by atoms with Crippen molar-refractivity contribution in [1.82, 2.24) is 10.9 Å². The van der Waals surface area contributed by atoms with Gasteiger partial charge in [0.05, 0.1) is 7.11 Å². The summed E-state index contributed by atoms with van der Waals surface area (Å²) in [4.78, 5) is 4.59. The van der Waals surface area contributed by atoms with Crippen molar-refractivity contribution in [3.63, 3.8) is 0 Å². The molecule has 1 saturated heterocycles. The highest BCUT2D eigenvalue weighted by Crippen LogP contribution is 2.22. The zero-order valence-electron chi connectivity index (χ0n) is 12.0. The largest absolute Gasteiger partial charge is 0.497 e. The molecule has 4 heteroatoms. The third-order valence-electron chi connectivity index (χ3n) is 3.60. The zero-order chi connectivity index (χ0) is 14.5. The van der Waals surface area contributed by atoms with Crippen molar-refractivity contribution in [2.45, 2.75) is 18.6 Å². The average Bonchev–Trinajstić information content (AvgIpc) is 3.03. The van der Waals surface area contributed by atoms with E-state index in [4.69, 9.17) is 4.74 Å². The maximum atomic E-state index is 5.14. The molecule has 2 aromatic rings. The highest BCUT2D eigenvalue weighted by Gasteiger charge is 2.23. The highest BCUT2D eigenvalue weighted by molar-refractivity contribution is 5.79. The summed E-state index contributed by atoms with van der Waals surface area (Å²) < 4.78 is 5.14. The first-order valence-corrected chi connectivity index (χ1v) is 7.08. The van der Waals surface area contributed by atoms with Gasteiger partial charge >= 0.3 is 0 Å². The van der Waals surface area contributed by atoms with E-state index in [0.717, 1.165) is 17.7 Å². The van der Waals surface area contributed by atoms with Crippen LogP contribution in [-0.2, 0) is 0 Å². The SMILES string of the molecule is COc1ccc(/C=N/C2CC(c3ccccc3)NN2)cc1. The van der Waals surface area contributed by atoms with E-state index in [1.807, 2.05) is 36.5 Å². The second-order valence-corrected chi connectivity index (χ2v) is 5.05. The van der Waals surface area contributed by atoms with Crippen molar-refractivity contribution in [2.24, 2.45) is 4.99 Å². The van der Waals surface area contributed by atoms with Crippen LogP contribution < -0.4 is 15.6 Å². The number of rotatable bonds is 4. The van der Waals surface area contributed by atoms with Crippen LogP contribution in [0.3, 0.4) is 0 Å². The van der Waals surface area contributed by atoms with Gasteiger partial charge in [0.2, 0.25) is 0 Å². The predicted molar refractivity (Wildman–Crippen MR) is 84.4 cm³/mol. The quantitative estimate of drug-likeness (QED) is 0.847. The molecule has 3 rings (SSSR count). The number of hydrogen-bond acceptors (Lipinski definition) is 4. The first-order chi connectivity index (χ1) is 10.3. The maximum Gasteiger partial charge on any atom is 0.118 e. The van der Waals surface area contributed by atoms with E-state index >= 15 is 0 Å². The molecular formula is C17H19N3O. The zero-order valence-corrected chi connectivity index (χ0v) is 12.0. The highest BCUT2D eigenvalue weighted by atomic mass is 16.5. The monoisotopic (exact) mass is 281 g/mol. The molecular weight excluding hydrogens is 262 g/mol. The Morgan fingerprint density at radius 3 is 2.52 bits per heavy atom. The van der Waals surface area contributed by atoms with Crippen molar-refractivity contribution in [3.8, 4) is 5.75 Å². The Morgan fingerprint density at radius 1 is 1.05 bits per heavy atom. The molecule has 0 aliphatic carbocycles. The van der Waals surface area contributed by atoms with Crippen LogP contribution in [0.4, 0.5) is 0 Å². The van der Waals surface area contributed by atoms with Crippen molar-refractivity contribution < 1.29 is 4.74 Å². The Kier molecular flexibility index (Phi) is 4.28. The number of ether oxygens (including phenoxy) is 1. The molecule has 21 heavy (non-hydrogen) atoms. The van der Waals surface area contributed by atoms with Gasteiger partial charge < -0.3 is 4.74 Å². The van der Waals surface area contributed by atoms with Gasteiger partial charge in [-0.05, 0) is 35.4 Å². The maximum absolute atomic E-state index is 5.14. The van der Waals surface area contributed by atoms with Crippen molar-refractivity contribution in [3.05, 3.63) is 65.7 Å². The van der Waals surface area contributed by atoms with Crippen LogP contribution in [0.1, 0.15) is 23.6 Å². The lowest BCUT2D eigenvalue weighted by molar-refractivity contribution is 0.415. The second kappa shape index (κ2) is 6.52. The lowest BCUT2D eigenvalue weighted by Crippen LogP contribution is -2.29. The Balaban J connectivity index is 1.60. The molecule has 2 unspecified atom stereocenters. The van der Waals surface area contributed by atoms with Gasteiger partial charge in [0.1, 0.15) is 11.9 Å².